The molecule has 0 aliphatic heterocycles. The molecule has 23 heavy (non-hydrogen) atoms. The zero-order valence-corrected chi connectivity index (χ0v) is 14.3. The molecule has 0 heterocycles. The second-order valence-electron chi connectivity index (χ2n) is 5.25. The van der Waals surface area contributed by atoms with Crippen molar-refractivity contribution >= 4 is 29.5 Å². The Bertz CT molecular complexity index is 577. The van der Waals surface area contributed by atoms with E-state index < -0.39 is 24.0 Å². The van der Waals surface area contributed by atoms with Gasteiger partial charge in [0, 0.05) is 5.56 Å². The molecule has 1 unspecified atom stereocenters. The summed E-state index contributed by atoms with van der Waals surface area (Å²) in [5, 5.41) is 13.9. The zero-order valence-electron chi connectivity index (χ0n) is 13.5. The third-order valence-corrected chi connectivity index (χ3v) is 3.89. The maximum atomic E-state index is 12.3. The van der Waals surface area contributed by atoms with Crippen molar-refractivity contribution in [3.63, 3.8) is 0 Å². The Kier molecular flexibility index (Phi) is 7.61. The average molecular weight is 338 g/mol. The summed E-state index contributed by atoms with van der Waals surface area (Å²) in [4.78, 5) is 35.3. The van der Waals surface area contributed by atoms with Gasteiger partial charge in [-0.25, -0.2) is 0 Å². The van der Waals surface area contributed by atoms with E-state index in [9.17, 15) is 14.4 Å². The van der Waals surface area contributed by atoms with Crippen LogP contribution in [-0.4, -0.2) is 47.0 Å². The molecule has 1 rings (SSSR count). The molecule has 126 valence electrons. The second kappa shape index (κ2) is 9.19. The van der Waals surface area contributed by atoms with E-state index in [1.807, 2.05) is 19.2 Å². The molecule has 0 aliphatic carbocycles. The van der Waals surface area contributed by atoms with E-state index in [2.05, 4.69) is 10.6 Å². The Hall–Kier alpha value is -2.02. The van der Waals surface area contributed by atoms with Gasteiger partial charge in [0.15, 0.2) is 0 Å². The van der Waals surface area contributed by atoms with Crippen LogP contribution in [-0.2, 0) is 9.59 Å². The van der Waals surface area contributed by atoms with E-state index >= 15 is 0 Å². The van der Waals surface area contributed by atoms with Gasteiger partial charge in [0.2, 0.25) is 5.91 Å². The fourth-order valence-electron chi connectivity index (χ4n) is 1.91. The highest BCUT2D eigenvalue weighted by Crippen LogP contribution is 2.07. The summed E-state index contributed by atoms with van der Waals surface area (Å²) in [6.07, 6.45) is 2.33. The molecule has 0 aliphatic rings. The van der Waals surface area contributed by atoms with Gasteiger partial charge in [0.25, 0.3) is 5.91 Å². The highest BCUT2D eigenvalue weighted by atomic mass is 32.2. The van der Waals surface area contributed by atoms with Crippen LogP contribution in [0.1, 0.15) is 29.3 Å². The van der Waals surface area contributed by atoms with Crippen LogP contribution in [0.15, 0.2) is 24.3 Å². The predicted octanol–water partition coefficient (Wildman–Crippen LogP) is 1.44. The van der Waals surface area contributed by atoms with E-state index in [0.29, 0.717) is 17.7 Å². The lowest BCUT2D eigenvalue weighted by molar-refractivity contribution is -0.141. The molecule has 6 nitrogen and oxygen atoms in total. The third-order valence-electron chi connectivity index (χ3n) is 3.24. The number of benzene rings is 1. The molecule has 2 atom stereocenters. The molecule has 2 amide bonds. The van der Waals surface area contributed by atoms with Crippen LogP contribution < -0.4 is 10.6 Å². The molecule has 7 heteroatoms. The molecule has 0 bridgehead atoms. The van der Waals surface area contributed by atoms with Crippen molar-refractivity contribution < 1.29 is 19.5 Å². The number of rotatable bonds is 8. The summed E-state index contributed by atoms with van der Waals surface area (Å²) < 4.78 is 0. The fraction of sp³-hybridized carbons (Fsp3) is 0.438. The monoisotopic (exact) mass is 338 g/mol. The highest BCUT2D eigenvalue weighted by Gasteiger charge is 2.24. The second-order valence-corrected chi connectivity index (χ2v) is 6.23. The van der Waals surface area contributed by atoms with Crippen LogP contribution in [0, 0.1) is 6.92 Å². The fourth-order valence-corrected chi connectivity index (χ4v) is 2.38. The summed E-state index contributed by atoms with van der Waals surface area (Å²) >= 11 is 1.55. The van der Waals surface area contributed by atoms with Crippen molar-refractivity contribution in [2.45, 2.75) is 32.4 Å². The van der Waals surface area contributed by atoms with Crippen LogP contribution in [0.25, 0.3) is 0 Å². The SMILES string of the molecule is CSCCC(NC(=O)c1cccc(C)c1)C(=O)N[C@@H](C)C(=O)O. The van der Waals surface area contributed by atoms with Gasteiger partial charge >= 0.3 is 5.97 Å². The van der Waals surface area contributed by atoms with Crippen molar-refractivity contribution in [1.29, 1.82) is 0 Å². The molecular formula is C16H22N2O4S. The van der Waals surface area contributed by atoms with E-state index in [4.69, 9.17) is 5.11 Å². The first-order valence-electron chi connectivity index (χ1n) is 7.24. The Morgan fingerprint density at radius 2 is 1.96 bits per heavy atom. The minimum atomic E-state index is -1.12. The van der Waals surface area contributed by atoms with Crippen LogP contribution in [0.3, 0.4) is 0 Å². The van der Waals surface area contributed by atoms with Crippen LogP contribution in [0.5, 0.6) is 0 Å². The van der Waals surface area contributed by atoms with E-state index in [1.165, 1.54) is 6.92 Å². The Balaban J connectivity index is 2.79. The molecule has 1 aromatic carbocycles. The molecular weight excluding hydrogens is 316 g/mol. The lowest BCUT2D eigenvalue weighted by Gasteiger charge is -2.19. The smallest absolute Gasteiger partial charge is 0.325 e. The highest BCUT2D eigenvalue weighted by molar-refractivity contribution is 7.98. The lowest BCUT2D eigenvalue weighted by Crippen LogP contribution is -2.51. The maximum Gasteiger partial charge on any atom is 0.325 e. The van der Waals surface area contributed by atoms with Crippen LogP contribution in [0.4, 0.5) is 0 Å². The Morgan fingerprint density at radius 1 is 1.26 bits per heavy atom. The molecule has 0 radical (unpaired) electrons. The molecule has 0 saturated heterocycles. The quantitative estimate of drug-likeness (QED) is 0.666. The first-order chi connectivity index (χ1) is 10.8. The molecule has 3 N–H and O–H groups in total. The van der Waals surface area contributed by atoms with E-state index in [-0.39, 0.29) is 5.91 Å². The predicted molar refractivity (Wildman–Crippen MR) is 90.7 cm³/mol. The number of hydrogen-bond acceptors (Lipinski definition) is 4. The summed E-state index contributed by atoms with van der Waals surface area (Å²) in [7, 11) is 0. The molecule has 0 fully saturated rings. The number of amides is 2. The normalized spacial score (nSPS) is 13.0. The number of hydrogen-bond donors (Lipinski definition) is 3. The van der Waals surface area contributed by atoms with Gasteiger partial charge in [-0.15, -0.1) is 0 Å². The van der Waals surface area contributed by atoms with Gasteiger partial charge in [-0.1, -0.05) is 17.7 Å². The van der Waals surface area contributed by atoms with Crippen molar-refractivity contribution in [3.05, 3.63) is 35.4 Å². The van der Waals surface area contributed by atoms with Crippen molar-refractivity contribution in [2.75, 3.05) is 12.0 Å². The average Bonchev–Trinajstić information content (AvgIpc) is 2.50. The van der Waals surface area contributed by atoms with Gasteiger partial charge < -0.3 is 15.7 Å². The standard InChI is InChI=1S/C16H22N2O4S/c1-10-5-4-6-12(9-10)14(19)18-13(7-8-23-3)15(20)17-11(2)16(21)22/h4-6,9,11,13H,7-8H2,1-3H3,(H,17,20)(H,18,19)(H,21,22)/t11-,13?/m0/s1. The number of carboxylic acid groups (broad SMARTS) is 1. The van der Waals surface area contributed by atoms with Gasteiger partial charge in [0.1, 0.15) is 12.1 Å². The minimum absolute atomic E-state index is 0.349. The summed E-state index contributed by atoms with van der Waals surface area (Å²) in [6.45, 7) is 3.26. The van der Waals surface area contributed by atoms with Gasteiger partial charge in [-0.2, -0.15) is 11.8 Å². The molecule has 0 spiro atoms. The van der Waals surface area contributed by atoms with Crippen molar-refractivity contribution in [1.82, 2.24) is 10.6 Å². The Labute approximate surface area is 140 Å². The molecule has 0 aromatic heterocycles. The molecule has 0 saturated carbocycles. The summed E-state index contributed by atoms with van der Waals surface area (Å²) in [6, 6.07) is 5.29. The van der Waals surface area contributed by atoms with Gasteiger partial charge in [-0.3, -0.25) is 14.4 Å². The zero-order chi connectivity index (χ0) is 17.4. The maximum absolute atomic E-state index is 12.3. The number of nitrogens with one attached hydrogen (secondary N) is 2. The van der Waals surface area contributed by atoms with E-state index in [0.717, 1.165) is 5.56 Å². The van der Waals surface area contributed by atoms with Crippen molar-refractivity contribution in [3.8, 4) is 0 Å². The Morgan fingerprint density at radius 3 is 2.52 bits per heavy atom. The van der Waals surface area contributed by atoms with Gasteiger partial charge in [0.05, 0.1) is 0 Å². The lowest BCUT2D eigenvalue weighted by atomic mass is 10.1. The first kappa shape index (κ1) is 19.0. The topological polar surface area (TPSA) is 95.5 Å². The van der Waals surface area contributed by atoms with Crippen molar-refractivity contribution in [2.24, 2.45) is 0 Å². The third kappa shape index (κ3) is 6.32. The van der Waals surface area contributed by atoms with Crippen LogP contribution in [0.2, 0.25) is 0 Å². The largest absolute Gasteiger partial charge is 0.480 e. The number of aryl methyl sites for hydroxylation is 1. The van der Waals surface area contributed by atoms with Gasteiger partial charge in [-0.05, 0) is 44.4 Å². The number of thioether (sulfide) groups is 1. The first-order valence-corrected chi connectivity index (χ1v) is 8.64. The minimum Gasteiger partial charge on any atom is -0.480 e. The number of carboxylic acids is 1. The number of carbonyl (C=O) groups is 3. The number of aliphatic carboxylic acids is 1. The molecule has 1 aromatic rings. The van der Waals surface area contributed by atoms with E-state index in [1.54, 1.807) is 30.0 Å². The summed E-state index contributed by atoms with van der Waals surface area (Å²) in [5.74, 6) is -1.28. The summed E-state index contributed by atoms with van der Waals surface area (Å²) in [5.41, 5.74) is 1.42. The number of carbonyl (C=O) groups excluding carboxylic acids is 2. The van der Waals surface area contributed by atoms with Crippen LogP contribution >= 0.6 is 11.8 Å².